The second-order valence-corrected chi connectivity index (χ2v) is 6.22. The molecule has 0 aliphatic carbocycles. The molecule has 0 spiro atoms. The number of nitrogens with one attached hydrogen (secondary N) is 1. The molecule has 4 rings (SSSR count). The van der Waals surface area contributed by atoms with Gasteiger partial charge in [-0.3, -0.25) is 4.79 Å². The van der Waals surface area contributed by atoms with E-state index >= 15 is 0 Å². The van der Waals surface area contributed by atoms with Crippen molar-refractivity contribution in [2.75, 3.05) is 5.32 Å². The number of hydrogen-bond donors (Lipinski definition) is 1. The van der Waals surface area contributed by atoms with Gasteiger partial charge in [0.15, 0.2) is 0 Å². The Morgan fingerprint density at radius 3 is 2.74 bits per heavy atom. The number of halogens is 1. The van der Waals surface area contributed by atoms with Gasteiger partial charge in [-0.15, -0.1) is 0 Å². The fourth-order valence-corrected chi connectivity index (χ4v) is 2.93. The Bertz CT molecular complexity index is 1090. The summed E-state index contributed by atoms with van der Waals surface area (Å²) in [6.07, 6.45) is 2.96. The van der Waals surface area contributed by atoms with Gasteiger partial charge in [0.2, 0.25) is 0 Å². The third kappa shape index (κ3) is 3.32. The number of anilines is 1. The number of carbonyl (C=O) groups is 1. The molecule has 1 amide bonds. The van der Waals surface area contributed by atoms with Crippen LogP contribution in [0, 0.1) is 6.92 Å². The van der Waals surface area contributed by atoms with Crippen LogP contribution in [-0.2, 0) is 0 Å². The third-order valence-corrected chi connectivity index (χ3v) is 4.24. The molecule has 0 atom stereocenters. The normalized spacial score (nSPS) is 10.7. The third-order valence-electron chi connectivity index (χ3n) is 4.01. The van der Waals surface area contributed by atoms with Gasteiger partial charge in [0.1, 0.15) is 29.7 Å². The molecule has 4 aromatic rings. The highest BCUT2D eigenvalue weighted by atomic mass is 35.5. The van der Waals surface area contributed by atoms with Gasteiger partial charge in [-0.25, -0.2) is 9.67 Å². The van der Waals surface area contributed by atoms with Gasteiger partial charge in [0, 0.05) is 10.6 Å². The molecule has 0 bridgehead atoms. The monoisotopic (exact) mass is 379 g/mol. The molecular weight excluding hydrogens is 366 g/mol. The summed E-state index contributed by atoms with van der Waals surface area (Å²) >= 11 is 6.12. The number of hydrogen-bond acceptors (Lipinski definition) is 5. The number of aromatic nitrogens is 4. The van der Waals surface area contributed by atoms with Crippen molar-refractivity contribution in [3.63, 3.8) is 0 Å². The van der Waals surface area contributed by atoms with Crippen molar-refractivity contribution >= 4 is 23.2 Å². The zero-order chi connectivity index (χ0) is 18.8. The van der Waals surface area contributed by atoms with Gasteiger partial charge in [-0.1, -0.05) is 47.1 Å². The highest BCUT2D eigenvalue weighted by Crippen LogP contribution is 2.28. The van der Waals surface area contributed by atoms with Crippen molar-refractivity contribution in [2.45, 2.75) is 6.92 Å². The Balaban J connectivity index is 1.73. The molecule has 0 aliphatic rings. The molecule has 0 unspecified atom stereocenters. The maximum absolute atomic E-state index is 13.0. The lowest BCUT2D eigenvalue weighted by atomic mass is 10.1. The molecule has 134 valence electrons. The second kappa shape index (κ2) is 7.05. The van der Waals surface area contributed by atoms with E-state index in [0.29, 0.717) is 33.4 Å². The van der Waals surface area contributed by atoms with E-state index in [-0.39, 0.29) is 5.91 Å². The summed E-state index contributed by atoms with van der Waals surface area (Å²) in [6, 6.07) is 14.5. The molecule has 7 nitrogen and oxygen atoms in total. The van der Waals surface area contributed by atoms with Gasteiger partial charge < -0.3 is 9.84 Å². The molecule has 0 saturated heterocycles. The van der Waals surface area contributed by atoms with Crippen molar-refractivity contribution in [3.05, 3.63) is 77.5 Å². The van der Waals surface area contributed by atoms with E-state index in [1.54, 1.807) is 36.1 Å². The minimum Gasteiger partial charge on any atom is -0.360 e. The predicted molar refractivity (Wildman–Crippen MR) is 101 cm³/mol. The van der Waals surface area contributed by atoms with Gasteiger partial charge in [-0.2, -0.15) is 5.10 Å². The van der Waals surface area contributed by atoms with Crippen LogP contribution in [0.15, 0.2) is 65.7 Å². The molecule has 27 heavy (non-hydrogen) atoms. The van der Waals surface area contributed by atoms with Crippen LogP contribution in [0.4, 0.5) is 5.69 Å². The Kier molecular flexibility index (Phi) is 4.43. The fourth-order valence-electron chi connectivity index (χ4n) is 2.76. The van der Waals surface area contributed by atoms with E-state index in [2.05, 4.69) is 20.6 Å². The van der Waals surface area contributed by atoms with Gasteiger partial charge >= 0.3 is 0 Å². The first-order valence-corrected chi connectivity index (χ1v) is 8.49. The molecule has 0 aliphatic heterocycles. The molecule has 0 fully saturated rings. The highest BCUT2D eigenvalue weighted by Gasteiger charge is 2.22. The largest absolute Gasteiger partial charge is 0.360 e. The summed E-state index contributed by atoms with van der Waals surface area (Å²) < 4.78 is 6.82. The van der Waals surface area contributed by atoms with E-state index in [1.165, 1.54) is 6.33 Å². The molecule has 0 saturated carbocycles. The molecular formula is C19H14ClN5O2. The van der Waals surface area contributed by atoms with Gasteiger partial charge in [-0.05, 0) is 25.1 Å². The first-order valence-electron chi connectivity index (χ1n) is 8.11. The fraction of sp³-hybridized carbons (Fsp3) is 0.0526. The topological polar surface area (TPSA) is 85.8 Å². The lowest BCUT2D eigenvalue weighted by Crippen LogP contribution is -2.15. The van der Waals surface area contributed by atoms with Crippen LogP contribution in [0.5, 0.6) is 0 Å². The van der Waals surface area contributed by atoms with E-state index in [9.17, 15) is 4.79 Å². The SMILES string of the molecule is Cc1onc(-c2ccccc2)c1C(=O)Nc1cc(Cl)ccc1-n1cncn1. The van der Waals surface area contributed by atoms with Crippen molar-refractivity contribution < 1.29 is 9.32 Å². The van der Waals surface area contributed by atoms with Crippen LogP contribution in [0.2, 0.25) is 5.02 Å². The molecule has 1 N–H and O–H groups in total. The van der Waals surface area contributed by atoms with Crippen molar-refractivity contribution in [1.29, 1.82) is 0 Å². The first-order chi connectivity index (χ1) is 13.1. The van der Waals surface area contributed by atoms with Crippen LogP contribution < -0.4 is 5.32 Å². The lowest BCUT2D eigenvalue weighted by molar-refractivity contribution is 0.102. The lowest BCUT2D eigenvalue weighted by Gasteiger charge is -2.11. The molecule has 2 aromatic carbocycles. The van der Waals surface area contributed by atoms with Crippen molar-refractivity contribution in [2.24, 2.45) is 0 Å². The number of amides is 1. The number of benzene rings is 2. The van der Waals surface area contributed by atoms with Crippen LogP contribution in [-0.4, -0.2) is 25.8 Å². The number of aryl methyl sites for hydroxylation is 1. The minimum atomic E-state index is -0.351. The summed E-state index contributed by atoms with van der Waals surface area (Å²) in [7, 11) is 0. The minimum absolute atomic E-state index is 0.351. The molecule has 8 heteroatoms. The Hall–Kier alpha value is -3.45. The molecule has 0 radical (unpaired) electrons. The van der Waals surface area contributed by atoms with Crippen LogP contribution in [0.25, 0.3) is 16.9 Å². The van der Waals surface area contributed by atoms with Crippen molar-refractivity contribution in [1.82, 2.24) is 19.9 Å². The van der Waals surface area contributed by atoms with Crippen LogP contribution in [0.1, 0.15) is 16.1 Å². The first kappa shape index (κ1) is 17.0. The maximum atomic E-state index is 13.0. The zero-order valence-corrected chi connectivity index (χ0v) is 15.0. The van der Waals surface area contributed by atoms with Crippen LogP contribution >= 0.6 is 11.6 Å². The highest BCUT2D eigenvalue weighted by molar-refractivity contribution is 6.31. The quantitative estimate of drug-likeness (QED) is 0.576. The average Bonchev–Trinajstić information content (AvgIpc) is 3.32. The number of rotatable bonds is 4. The Morgan fingerprint density at radius 2 is 2.00 bits per heavy atom. The number of carbonyl (C=O) groups excluding carboxylic acids is 1. The standard InChI is InChI=1S/C19H14ClN5O2/c1-12-17(18(24-27-12)13-5-3-2-4-6-13)19(26)23-15-9-14(20)7-8-16(15)25-11-21-10-22-25/h2-11H,1H3,(H,23,26). The second-order valence-electron chi connectivity index (χ2n) is 5.78. The summed E-state index contributed by atoms with van der Waals surface area (Å²) in [5.74, 6) is 0.0759. The maximum Gasteiger partial charge on any atom is 0.261 e. The Labute approximate surface area is 159 Å². The average molecular weight is 380 g/mol. The smallest absolute Gasteiger partial charge is 0.261 e. The number of nitrogens with zero attached hydrogens (tertiary/aromatic N) is 4. The van der Waals surface area contributed by atoms with E-state index in [4.69, 9.17) is 16.1 Å². The van der Waals surface area contributed by atoms with Crippen LogP contribution in [0.3, 0.4) is 0 Å². The van der Waals surface area contributed by atoms with Gasteiger partial charge in [0.25, 0.3) is 5.91 Å². The molecule has 2 aromatic heterocycles. The Morgan fingerprint density at radius 1 is 1.19 bits per heavy atom. The summed E-state index contributed by atoms with van der Waals surface area (Å²) in [5.41, 5.74) is 2.78. The van der Waals surface area contributed by atoms with E-state index in [1.807, 2.05) is 30.3 Å². The van der Waals surface area contributed by atoms with E-state index < -0.39 is 0 Å². The van der Waals surface area contributed by atoms with Crippen molar-refractivity contribution in [3.8, 4) is 16.9 Å². The summed E-state index contributed by atoms with van der Waals surface area (Å²) in [4.78, 5) is 17.0. The molecule has 2 heterocycles. The van der Waals surface area contributed by atoms with Gasteiger partial charge in [0.05, 0.1) is 11.4 Å². The predicted octanol–water partition coefficient (Wildman–Crippen LogP) is 4.14. The summed E-state index contributed by atoms with van der Waals surface area (Å²) in [6.45, 7) is 1.70. The zero-order valence-electron chi connectivity index (χ0n) is 14.3. The van der Waals surface area contributed by atoms with E-state index in [0.717, 1.165) is 5.56 Å². The summed E-state index contributed by atoms with van der Waals surface area (Å²) in [5, 5.41) is 11.5.